The van der Waals surface area contributed by atoms with E-state index in [0.717, 1.165) is 23.6 Å². The zero-order valence-electron chi connectivity index (χ0n) is 11.3. The Morgan fingerprint density at radius 3 is 2.58 bits per heavy atom. The molecule has 0 radical (unpaired) electrons. The van der Waals surface area contributed by atoms with Gasteiger partial charge in [0, 0.05) is 18.4 Å². The van der Waals surface area contributed by atoms with Gasteiger partial charge in [0.2, 0.25) is 0 Å². The van der Waals surface area contributed by atoms with E-state index in [0.29, 0.717) is 0 Å². The quantitative estimate of drug-likeness (QED) is 0.842. The van der Waals surface area contributed by atoms with E-state index in [2.05, 4.69) is 27.0 Å². The van der Waals surface area contributed by atoms with Crippen LogP contribution in [0.15, 0.2) is 36.5 Å². The first kappa shape index (κ1) is 12.3. The fourth-order valence-corrected chi connectivity index (χ4v) is 2.55. The summed E-state index contributed by atoms with van der Waals surface area (Å²) in [6.45, 7) is 5.47. The Morgan fingerprint density at radius 1 is 1.05 bits per heavy atom. The Hall–Kier alpha value is -1.74. The highest BCUT2D eigenvalue weighted by Gasteiger charge is 2.11. The number of aryl methyl sites for hydroxylation is 1. The zero-order chi connectivity index (χ0) is 13.1. The molecule has 3 heterocycles. The number of hydrogen-bond acceptors (Lipinski definition) is 3. The standard InChI is InChI=1S/C16H19N3/c1-13-5-4-6-16(18-13)15-8-7-14(11-17-15)12-19-9-2-3-10-19/h4-8,11H,2-3,9-10,12H2,1H3. The van der Waals surface area contributed by atoms with Gasteiger partial charge in [0.25, 0.3) is 0 Å². The maximum atomic E-state index is 4.54. The second-order valence-electron chi connectivity index (χ2n) is 5.20. The van der Waals surface area contributed by atoms with Crippen LogP contribution in [0.2, 0.25) is 0 Å². The van der Waals surface area contributed by atoms with Crippen molar-refractivity contribution in [2.75, 3.05) is 13.1 Å². The summed E-state index contributed by atoms with van der Waals surface area (Å²) in [6, 6.07) is 10.3. The Kier molecular flexibility index (Phi) is 3.56. The third-order valence-corrected chi connectivity index (χ3v) is 3.58. The Morgan fingerprint density at radius 2 is 1.89 bits per heavy atom. The Balaban J connectivity index is 1.74. The minimum absolute atomic E-state index is 0.952. The van der Waals surface area contributed by atoms with E-state index < -0.39 is 0 Å². The van der Waals surface area contributed by atoms with Gasteiger partial charge in [-0.15, -0.1) is 0 Å². The van der Waals surface area contributed by atoms with Crippen molar-refractivity contribution in [1.82, 2.24) is 14.9 Å². The van der Waals surface area contributed by atoms with Crippen LogP contribution in [0.5, 0.6) is 0 Å². The first-order valence-electron chi connectivity index (χ1n) is 6.92. The molecule has 1 saturated heterocycles. The summed E-state index contributed by atoms with van der Waals surface area (Å²) in [6.07, 6.45) is 4.65. The molecule has 3 heteroatoms. The highest BCUT2D eigenvalue weighted by molar-refractivity contribution is 5.54. The lowest BCUT2D eigenvalue weighted by atomic mass is 10.2. The van der Waals surface area contributed by atoms with Gasteiger partial charge in [-0.25, -0.2) is 0 Å². The number of pyridine rings is 2. The fourth-order valence-electron chi connectivity index (χ4n) is 2.55. The van der Waals surface area contributed by atoms with Crippen molar-refractivity contribution in [3.63, 3.8) is 0 Å². The second kappa shape index (κ2) is 5.49. The van der Waals surface area contributed by atoms with Crippen LogP contribution in [0.1, 0.15) is 24.1 Å². The molecule has 0 aliphatic carbocycles. The minimum Gasteiger partial charge on any atom is -0.299 e. The molecule has 19 heavy (non-hydrogen) atoms. The van der Waals surface area contributed by atoms with Gasteiger partial charge < -0.3 is 0 Å². The van der Waals surface area contributed by atoms with Gasteiger partial charge in [-0.3, -0.25) is 14.9 Å². The van der Waals surface area contributed by atoms with E-state index in [-0.39, 0.29) is 0 Å². The van der Waals surface area contributed by atoms with Crippen molar-refractivity contribution in [2.45, 2.75) is 26.3 Å². The zero-order valence-corrected chi connectivity index (χ0v) is 11.3. The molecule has 0 saturated carbocycles. The molecule has 3 rings (SSSR count). The molecule has 2 aromatic heterocycles. The number of likely N-dealkylation sites (tertiary alicyclic amines) is 1. The monoisotopic (exact) mass is 253 g/mol. The lowest BCUT2D eigenvalue weighted by Gasteiger charge is -2.14. The molecule has 0 unspecified atom stereocenters. The fraction of sp³-hybridized carbons (Fsp3) is 0.375. The average molecular weight is 253 g/mol. The summed E-state index contributed by atoms with van der Waals surface area (Å²) in [5, 5.41) is 0. The predicted octanol–water partition coefficient (Wildman–Crippen LogP) is 3.05. The molecule has 0 atom stereocenters. The van der Waals surface area contributed by atoms with Crippen LogP contribution in [-0.4, -0.2) is 28.0 Å². The first-order valence-corrected chi connectivity index (χ1v) is 6.92. The van der Waals surface area contributed by atoms with Crippen molar-refractivity contribution in [3.8, 4) is 11.4 Å². The number of aromatic nitrogens is 2. The van der Waals surface area contributed by atoms with Crippen LogP contribution in [0.3, 0.4) is 0 Å². The van der Waals surface area contributed by atoms with E-state index >= 15 is 0 Å². The average Bonchev–Trinajstić information content (AvgIpc) is 2.92. The molecular weight excluding hydrogens is 234 g/mol. The summed E-state index contributed by atoms with van der Waals surface area (Å²) < 4.78 is 0. The number of nitrogens with zero attached hydrogens (tertiary/aromatic N) is 3. The first-order chi connectivity index (χ1) is 9.31. The van der Waals surface area contributed by atoms with Gasteiger partial charge in [0.15, 0.2) is 0 Å². The van der Waals surface area contributed by atoms with Crippen LogP contribution in [0.25, 0.3) is 11.4 Å². The molecule has 3 nitrogen and oxygen atoms in total. The molecule has 98 valence electrons. The number of hydrogen-bond donors (Lipinski definition) is 0. The molecule has 0 N–H and O–H groups in total. The van der Waals surface area contributed by atoms with Gasteiger partial charge in [-0.1, -0.05) is 12.1 Å². The maximum Gasteiger partial charge on any atom is 0.0889 e. The highest BCUT2D eigenvalue weighted by atomic mass is 15.1. The van der Waals surface area contributed by atoms with E-state index in [1.165, 1.54) is 31.5 Å². The van der Waals surface area contributed by atoms with E-state index in [1.54, 1.807) is 0 Å². The lowest BCUT2D eigenvalue weighted by Crippen LogP contribution is -2.18. The highest BCUT2D eigenvalue weighted by Crippen LogP contribution is 2.17. The summed E-state index contributed by atoms with van der Waals surface area (Å²) in [4.78, 5) is 11.5. The summed E-state index contributed by atoms with van der Waals surface area (Å²) in [5.74, 6) is 0. The summed E-state index contributed by atoms with van der Waals surface area (Å²) in [7, 11) is 0. The van der Waals surface area contributed by atoms with Gasteiger partial charge in [-0.2, -0.15) is 0 Å². The largest absolute Gasteiger partial charge is 0.299 e. The molecule has 2 aromatic rings. The summed E-state index contributed by atoms with van der Waals surface area (Å²) in [5.41, 5.74) is 4.22. The second-order valence-corrected chi connectivity index (χ2v) is 5.20. The van der Waals surface area contributed by atoms with Crippen LogP contribution < -0.4 is 0 Å². The molecule has 0 amide bonds. The van der Waals surface area contributed by atoms with Gasteiger partial charge >= 0.3 is 0 Å². The minimum atomic E-state index is 0.952. The topological polar surface area (TPSA) is 29.0 Å². The van der Waals surface area contributed by atoms with Crippen LogP contribution >= 0.6 is 0 Å². The van der Waals surface area contributed by atoms with Crippen molar-refractivity contribution in [3.05, 3.63) is 47.8 Å². The Bertz CT molecular complexity index is 542. The van der Waals surface area contributed by atoms with Crippen molar-refractivity contribution in [2.24, 2.45) is 0 Å². The maximum absolute atomic E-state index is 4.54. The summed E-state index contributed by atoms with van der Waals surface area (Å²) >= 11 is 0. The normalized spacial score (nSPS) is 15.8. The molecule has 1 aliphatic rings. The van der Waals surface area contributed by atoms with Crippen LogP contribution in [0.4, 0.5) is 0 Å². The third-order valence-electron chi connectivity index (χ3n) is 3.58. The van der Waals surface area contributed by atoms with E-state index in [9.17, 15) is 0 Å². The SMILES string of the molecule is Cc1cccc(-c2ccc(CN3CCCC3)cn2)n1. The molecule has 0 aromatic carbocycles. The van der Waals surface area contributed by atoms with Crippen molar-refractivity contribution < 1.29 is 0 Å². The molecule has 1 fully saturated rings. The predicted molar refractivity (Wildman–Crippen MR) is 76.7 cm³/mol. The van der Waals surface area contributed by atoms with Crippen LogP contribution in [-0.2, 0) is 6.54 Å². The Labute approximate surface area is 114 Å². The van der Waals surface area contributed by atoms with Gasteiger partial charge in [-0.05, 0) is 56.6 Å². The van der Waals surface area contributed by atoms with Crippen LogP contribution in [0, 0.1) is 6.92 Å². The van der Waals surface area contributed by atoms with Crippen molar-refractivity contribution >= 4 is 0 Å². The van der Waals surface area contributed by atoms with Gasteiger partial charge in [0.05, 0.1) is 11.4 Å². The molecule has 0 spiro atoms. The smallest absolute Gasteiger partial charge is 0.0889 e. The van der Waals surface area contributed by atoms with Gasteiger partial charge in [0.1, 0.15) is 0 Å². The number of rotatable bonds is 3. The molecule has 0 bridgehead atoms. The molecular formula is C16H19N3. The van der Waals surface area contributed by atoms with E-state index in [1.807, 2.05) is 31.3 Å². The molecule has 1 aliphatic heterocycles. The van der Waals surface area contributed by atoms with E-state index in [4.69, 9.17) is 0 Å². The van der Waals surface area contributed by atoms with Crippen molar-refractivity contribution in [1.29, 1.82) is 0 Å². The third kappa shape index (κ3) is 2.99. The lowest BCUT2D eigenvalue weighted by molar-refractivity contribution is 0.331.